The van der Waals surface area contributed by atoms with Gasteiger partial charge in [-0.3, -0.25) is 0 Å². The zero-order valence-electron chi connectivity index (χ0n) is 9.54. The molecule has 2 heterocycles. The van der Waals surface area contributed by atoms with E-state index in [4.69, 9.17) is 0 Å². The van der Waals surface area contributed by atoms with E-state index in [1.807, 2.05) is 13.8 Å². The van der Waals surface area contributed by atoms with Crippen molar-refractivity contribution >= 4 is 17.0 Å². The minimum Gasteiger partial charge on any atom is -0.368 e. The molecule has 2 rings (SSSR count). The van der Waals surface area contributed by atoms with Gasteiger partial charge in [-0.1, -0.05) is 5.57 Å². The third-order valence-corrected chi connectivity index (χ3v) is 2.24. The van der Waals surface area contributed by atoms with Gasteiger partial charge >= 0.3 is 0 Å². The highest BCUT2D eigenvalue weighted by Gasteiger charge is 2.06. The van der Waals surface area contributed by atoms with E-state index in [0.29, 0.717) is 5.65 Å². The maximum Gasteiger partial charge on any atom is 0.183 e. The summed E-state index contributed by atoms with van der Waals surface area (Å²) >= 11 is 0. The molecule has 5 heteroatoms. The third-order valence-electron chi connectivity index (χ3n) is 2.24. The number of aromatic nitrogens is 4. The van der Waals surface area contributed by atoms with E-state index in [1.165, 1.54) is 0 Å². The first-order valence-electron chi connectivity index (χ1n) is 5.23. The van der Waals surface area contributed by atoms with Gasteiger partial charge in [-0.2, -0.15) is 0 Å². The predicted molar refractivity (Wildman–Crippen MR) is 64.3 cm³/mol. The Morgan fingerprint density at radius 1 is 1.50 bits per heavy atom. The number of H-pyrrole nitrogens is 1. The molecule has 84 valence electrons. The number of hydrogen-bond donors (Lipinski definition) is 2. The van der Waals surface area contributed by atoms with Crippen LogP contribution in [-0.2, 0) is 0 Å². The summed E-state index contributed by atoms with van der Waals surface area (Å²) in [5.41, 5.74) is 2.71. The molecule has 0 spiro atoms. The van der Waals surface area contributed by atoms with Gasteiger partial charge < -0.3 is 10.3 Å². The zero-order valence-corrected chi connectivity index (χ0v) is 9.54. The number of aryl methyl sites for hydroxylation is 1. The van der Waals surface area contributed by atoms with Crippen molar-refractivity contribution < 1.29 is 0 Å². The molecule has 0 aromatic carbocycles. The van der Waals surface area contributed by atoms with Crippen molar-refractivity contribution in [2.45, 2.75) is 20.3 Å². The lowest BCUT2D eigenvalue weighted by Crippen LogP contribution is -2.05. The quantitative estimate of drug-likeness (QED) is 0.769. The smallest absolute Gasteiger partial charge is 0.183 e. The SMILES string of the molecule is C=C(C)CCNc1nc(C)nc2nc[nH]c12. The highest BCUT2D eigenvalue weighted by atomic mass is 15.1. The number of anilines is 1. The standard InChI is InChI=1S/C11H15N5/c1-7(2)4-5-12-10-9-11(14-6-13-9)16-8(3)15-10/h6H,1,4-5H2,2-3H3,(H2,12,13,14,15,16). The number of aromatic amines is 1. The monoisotopic (exact) mass is 217 g/mol. The maximum absolute atomic E-state index is 4.35. The van der Waals surface area contributed by atoms with Gasteiger partial charge in [-0.05, 0) is 20.3 Å². The fraction of sp³-hybridized carbons (Fsp3) is 0.364. The highest BCUT2D eigenvalue weighted by Crippen LogP contribution is 2.16. The summed E-state index contributed by atoms with van der Waals surface area (Å²) in [7, 11) is 0. The summed E-state index contributed by atoms with van der Waals surface area (Å²) in [5.74, 6) is 1.53. The van der Waals surface area contributed by atoms with Gasteiger partial charge in [-0.15, -0.1) is 6.58 Å². The lowest BCUT2D eigenvalue weighted by Gasteiger charge is -2.06. The van der Waals surface area contributed by atoms with Crippen LogP contribution in [0.5, 0.6) is 0 Å². The van der Waals surface area contributed by atoms with Crippen LogP contribution in [0.2, 0.25) is 0 Å². The summed E-state index contributed by atoms with van der Waals surface area (Å²) in [6.45, 7) is 8.55. The Bertz CT molecular complexity index is 514. The lowest BCUT2D eigenvalue weighted by atomic mass is 10.2. The van der Waals surface area contributed by atoms with Crippen LogP contribution in [0.1, 0.15) is 19.2 Å². The van der Waals surface area contributed by atoms with Crippen LogP contribution in [0, 0.1) is 6.92 Å². The van der Waals surface area contributed by atoms with E-state index in [2.05, 4.69) is 31.8 Å². The first kappa shape index (κ1) is 10.6. The van der Waals surface area contributed by atoms with Crippen LogP contribution in [0.3, 0.4) is 0 Å². The maximum atomic E-state index is 4.35. The van der Waals surface area contributed by atoms with Crippen molar-refractivity contribution in [3.05, 3.63) is 24.3 Å². The van der Waals surface area contributed by atoms with Crippen LogP contribution in [0.15, 0.2) is 18.5 Å². The Balaban J connectivity index is 2.22. The molecule has 0 bridgehead atoms. The fourth-order valence-electron chi connectivity index (χ4n) is 1.46. The Labute approximate surface area is 94.0 Å². The lowest BCUT2D eigenvalue weighted by molar-refractivity contribution is 0.979. The Morgan fingerprint density at radius 3 is 3.06 bits per heavy atom. The second-order valence-electron chi connectivity index (χ2n) is 3.85. The Morgan fingerprint density at radius 2 is 2.31 bits per heavy atom. The van der Waals surface area contributed by atoms with E-state index in [1.54, 1.807) is 6.33 Å². The van der Waals surface area contributed by atoms with Crippen LogP contribution >= 0.6 is 0 Å². The van der Waals surface area contributed by atoms with Gasteiger partial charge in [0, 0.05) is 6.54 Å². The van der Waals surface area contributed by atoms with Gasteiger partial charge in [0.25, 0.3) is 0 Å². The molecule has 2 N–H and O–H groups in total. The van der Waals surface area contributed by atoms with Crippen LogP contribution in [-0.4, -0.2) is 26.5 Å². The average Bonchev–Trinajstić information content (AvgIpc) is 2.64. The van der Waals surface area contributed by atoms with Crippen molar-refractivity contribution in [2.75, 3.05) is 11.9 Å². The van der Waals surface area contributed by atoms with Crippen LogP contribution in [0.4, 0.5) is 5.82 Å². The molecule has 0 radical (unpaired) electrons. The minimum absolute atomic E-state index is 0.699. The molecule has 2 aromatic heterocycles. The predicted octanol–water partition coefficient (Wildman–Crippen LogP) is 2.04. The van der Waals surface area contributed by atoms with Gasteiger partial charge in [0.15, 0.2) is 11.5 Å². The molecular weight excluding hydrogens is 202 g/mol. The summed E-state index contributed by atoms with van der Waals surface area (Å²) in [6, 6.07) is 0. The zero-order chi connectivity index (χ0) is 11.5. The third kappa shape index (κ3) is 2.18. The molecular formula is C11H15N5. The summed E-state index contributed by atoms with van der Waals surface area (Å²) in [5, 5.41) is 3.26. The molecule has 16 heavy (non-hydrogen) atoms. The Hall–Kier alpha value is -1.91. The van der Waals surface area contributed by atoms with E-state index >= 15 is 0 Å². The molecule has 0 amide bonds. The number of hydrogen-bond acceptors (Lipinski definition) is 4. The average molecular weight is 217 g/mol. The molecule has 0 saturated carbocycles. The van der Waals surface area contributed by atoms with Gasteiger partial charge in [0.2, 0.25) is 0 Å². The molecule has 0 unspecified atom stereocenters. The summed E-state index contributed by atoms with van der Waals surface area (Å²) < 4.78 is 0. The number of imidazole rings is 1. The second kappa shape index (κ2) is 4.30. The largest absolute Gasteiger partial charge is 0.368 e. The van der Waals surface area contributed by atoms with E-state index in [9.17, 15) is 0 Å². The normalized spacial score (nSPS) is 10.6. The first-order chi connectivity index (χ1) is 7.66. The highest BCUT2D eigenvalue weighted by molar-refractivity contribution is 5.82. The number of nitrogens with one attached hydrogen (secondary N) is 2. The molecule has 5 nitrogen and oxygen atoms in total. The van der Waals surface area contributed by atoms with E-state index in [0.717, 1.165) is 35.7 Å². The molecule has 0 fully saturated rings. The van der Waals surface area contributed by atoms with E-state index in [-0.39, 0.29) is 0 Å². The molecule has 0 aliphatic carbocycles. The van der Waals surface area contributed by atoms with Crippen molar-refractivity contribution in [1.82, 2.24) is 19.9 Å². The second-order valence-corrected chi connectivity index (χ2v) is 3.85. The van der Waals surface area contributed by atoms with Crippen molar-refractivity contribution in [1.29, 1.82) is 0 Å². The van der Waals surface area contributed by atoms with Crippen molar-refractivity contribution in [2.24, 2.45) is 0 Å². The molecule has 0 saturated heterocycles. The Kier molecular flexibility index (Phi) is 2.85. The van der Waals surface area contributed by atoms with Crippen LogP contribution < -0.4 is 5.32 Å². The first-order valence-corrected chi connectivity index (χ1v) is 5.23. The number of nitrogens with zero attached hydrogens (tertiary/aromatic N) is 3. The molecule has 0 aliphatic rings. The molecule has 0 aliphatic heterocycles. The number of fused-ring (bicyclic) bond motifs is 1. The van der Waals surface area contributed by atoms with Crippen molar-refractivity contribution in [3.8, 4) is 0 Å². The van der Waals surface area contributed by atoms with Crippen LogP contribution in [0.25, 0.3) is 11.2 Å². The molecule has 0 atom stereocenters. The fourth-order valence-corrected chi connectivity index (χ4v) is 1.46. The van der Waals surface area contributed by atoms with Crippen molar-refractivity contribution in [3.63, 3.8) is 0 Å². The summed E-state index contributed by atoms with van der Waals surface area (Å²) in [4.78, 5) is 15.7. The van der Waals surface area contributed by atoms with Gasteiger partial charge in [0.05, 0.1) is 6.33 Å². The minimum atomic E-state index is 0.699. The molecule has 2 aromatic rings. The van der Waals surface area contributed by atoms with E-state index < -0.39 is 0 Å². The topological polar surface area (TPSA) is 66.5 Å². The van der Waals surface area contributed by atoms with Gasteiger partial charge in [-0.25, -0.2) is 15.0 Å². The van der Waals surface area contributed by atoms with Gasteiger partial charge in [0.1, 0.15) is 11.3 Å². The number of rotatable bonds is 4. The summed E-state index contributed by atoms with van der Waals surface area (Å²) in [6.07, 6.45) is 2.56.